The van der Waals surface area contributed by atoms with E-state index in [4.69, 9.17) is 16.3 Å². The molecular weight excluding hydrogens is 281 g/mol. The maximum absolute atomic E-state index is 13.7. The molecular formula is C15H21ClFNO2. The van der Waals surface area contributed by atoms with Gasteiger partial charge >= 0.3 is 0 Å². The summed E-state index contributed by atoms with van der Waals surface area (Å²) in [5.74, 6) is 0.186. The first-order valence-electron chi connectivity index (χ1n) is 7.06. The van der Waals surface area contributed by atoms with Crippen LogP contribution >= 0.6 is 11.6 Å². The van der Waals surface area contributed by atoms with Crippen LogP contribution in [0.4, 0.5) is 4.39 Å². The average Bonchev–Trinajstić information content (AvgIpc) is 2.46. The van der Waals surface area contributed by atoms with Crippen LogP contribution in [-0.2, 0) is 11.3 Å². The molecule has 0 aromatic heterocycles. The Kier molecular flexibility index (Phi) is 6.23. The maximum atomic E-state index is 13.7. The fourth-order valence-electron chi connectivity index (χ4n) is 2.67. The molecule has 2 N–H and O–H groups in total. The van der Waals surface area contributed by atoms with Crippen molar-refractivity contribution < 1.29 is 14.2 Å². The highest BCUT2D eigenvalue weighted by atomic mass is 35.5. The van der Waals surface area contributed by atoms with Crippen LogP contribution in [0.5, 0.6) is 0 Å². The van der Waals surface area contributed by atoms with Crippen molar-refractivity contribution in [3.8, 4) is 0 Å². The quantitative estimate of drug-likeness (QED) is 0.849. The maximum Gasteiger partial charge on any atom is 0.129 e. The molecule has 0 spiro atoms. The minimum Gasteiger partial charge on any atom is -0.396 e. The molecule has 0 radical (unpaired) electrons. The summed E-state index contributed by atoms with van der Waals surface area (Å²) in [6, 6.07) is 4.91. The zero-order chi connectivity index (χ0) is 14.4. The monoisotopic (exact) mass is 301 g/mol. The lowest BCUT2D eigenvalue weighted by atomic mass is 9.89. The molecule has 1 aromatic carbocycles. The van der Waals surface area contributed by atoms with Crippen LogP contribution in [0.25, 0.3) is 0 Å². The van der Waals surface area contributed by atoms with Crippen LogP contribution in [0.3, 0.4) is 0 Å². The van der Waals surface area contributed by atoms with Crippen LogP contribution in [0.15, 0.2) is 18.2 Å². The van der Waals surface area contributed by atoms with E-state index < -0.39 is 0 Å². The van der Waals surface area contributed by atoms with Crippen molar-refractivity contribution >= 4 is 11.6 Å². The van der Waals surface area contributed by atoms with Gasteiger partial charge < -0.3 is 15.2 Å². The first-order chi connectivity index (χ1) is 9.70. The zero-order valence-corrected chi connectivity index (χ0v) is 12.2. The highest BCUT2D eigenvalue weighted by molar-refractivity contribution is 6.30. The lowest BCUT2D eigenvalue weighted by Crippen LogP contribution is -2.39. The smallest absolute Gasteiger partial charge is 0.129 e. The molecule has 1 aliphatic heterocycles. The average molecular weight is 302 g/mol. The van der Waals surface area contributed by atoms with Gasteiger partial charge in [-0.1, -0.05) is 17.7 Å². The molecule has 2 rings (SSSR count). The molecule has 1 heterocycles. The van der Waals surface area contributed by atoms with E-state index in [1.54, 1.807) is 12.1 Å². The van der Waals surface area contributed by atoms with Gasteiger partial charge in [-0.25, -0.2) is 4.39 Å². The largest absolute Gasteiger partial charge is 0.396 e. The number of hydrogen-bond acceptors (Lipinski definition) is 3. The summed E-state index contributed by atoms with van der Waals surface area (Å²) < 4.78 is 19.1. The number of nitrogens with one attached hydrogen (secondary N) is 1. The van der Waals surface area contributed by atoms with E-state index in [2.05, 4.69) is 5.32 Å². The minimum absolute atomic E-state index is 0.137. The summed E-state index contributed by atoms with van der Waals surface area (Å²) in [4.78, 5) is 0. The molecule has 0 aliphatic carbocycles. The van der Waals surface area contributed by atoms with Crippen LogP contribution < -0.4 is 5.32 Å². The highest BCUT2D eigenvalue weighted by Crippen LogP contribution is 2.22. The van der Waals surface area contributed by atoms with E-state index in [0.717, 1.165) is 26.1 Å². The Morgan fingerprint density at radius 1 is 1.40 bits per heavy atom. The third-order valence-corrected chi connectivity index (χ3v) is 4.08. The third kappa shape index (κ3) is 4.42. The number of aliphatic hydroxyl groups excluding tert-OH is 1. The fourth-order valence-corrected chi connectivity index (χ4v) is 2.83. The van der Waals surface area contributed by atoms with E-state index in [1.165, 1.54) is 6.07 Å². The molecule has 0 amide bonds. The van der Waals surface area contributed by atoms with Crippen molar-refractivity contribution in [1.29, 1.82) is 0 Å². The van der Waals surface area contributed by atoms with Crippen molar-refractivity contribution in [3.05, 3.63) is 34.6 Å². The topological polar surface area (TPSA) is 41.5 Å². The predicted molar refractivity (Wildman–Crippen MR) is 77.3 cm³/mol. The van der Waals surface area contributed by atoms with Gasteiger partial charge in [0.25, 0.3) is 0 Å². The lowest BCUT2D eigenvalue weighted by Gasteiger charge is -2.31. The Bertz CT molecular complexity index is 424. The van der Waals surface area contributed by atoms with Crippen LogP contribution in [0.1, 0.15) is 24.8 Å². The Hall–Kier alpha value is -0.680. The van der Waals surface area contributed by atoms with Crippen molar-refractivity contribution in [1.82, 2.24) is 5.32 Å². The predicted octanol–water partition coefficient (Wildman–Crippen LogP) is 2.75. The van der Waals surface area contributed by atoms with Crippen LogP contribution in [-0.4, -0.2) is 31.0 Å². The van der Waals surface area contributed by atoms with Gasteiger partial charge in [-0.05, 0) is 37.3 Å². The SMILES string of the molecule is OCC[C@H](NCc1ccc(Cl)cc1F)C1CCOCC1. The Balaban J connectivity index is 1.93. The van der Waals surface area contributed by atoms with Gasteiger partial charge in [0.2, 0.25) is 0 Å². The second-order valence-corrected chi connectivity index (χ2v) is 5.62. The van der Waals surface area contributed by atoms with Gasteiger partial charge in [-0.2, -0.15) is 0 Å². The number of benzene rings is 1. The molecule has 1 saturated heterocycles. The zero-order valence-electron chi connectivity index (χ0n) is 11.4. The number of halogens is 2. The van der Waals surface area contributed by atoms with Gasteiger partial charge in [0.1, 0.15) is 5.82 Å². The molecule has 0 unspecified atom stereocenters. The lowest BCUT2D eigenvalue weighted by molar-refractivity contribution is 0.0495. The van der Waals surface area contributed by atoms with Gasteiger partial charge in [0.05, 0.1) is 0 Å². The fraction of sp³-hybridized carbons (Fsp3) is 0.600. The van der Waals surface area contributed by atoms with Gasteiger partial charge in [0.15, 0.2) is 0 Å². The standard InChI is InChI=1S/C15H21ClFNO2/c16-13-2-1-12(14(17)9-13)10-18-15(3-6-19)11-4-7-20-8-5-11/h1-2,9,11,15,18-19H,3-8,10H2/t15-/m0/s1. The molecule has 0 saturated carbocycles. The number of aliphatic hydroxyl groups is 1. The van der Waals surface area contributed by atoms with E-state index >= 15 is 0 Å². The second-order valence-electron chi connectivity index (χ2n) is 5.19. The van der Waals surface area contributed by atoms with E-state index in [1.807, 2.05) is 0 Å². The highest BCUT2D eigenvalue weighted by Gasteiger charge is 2.23. The van der Waals surface area contributed by atoms with E-state index in [-0.39, 0.29) is 18.5 Å². The van der Waals surface area contributed by atoms with Crippen molar-refractivity contribution in [2.45, 2.75) is 31.8 Å². The van der Waals surface area contributed by atoms with Crippen molar-refractivity contribution in [3.63, 3.8) is 0 Å². The first-order valence-corrected chi connectivity index (χ1v) is 7.44. The summed E-state index contributed by atoms with van der Waals surface area (Å²) in [5.41, 5.74) is 0.601. The molecule has 3 nitrogen and oxygen atoms in total. The van der Waals surface area contributed by atoms with Crippen molar-refractivity contribution in [2.75, 3.05) is 19.8 Å². The van der Waals surface area contributed by atoms with Gasteiger partial charge in [-0.3, -0.25) is 0 Å². The number of ether oxygens (including phenoxy) is 1. The first kappa shape index (κ1) is 15.7. The Morgan fingerprint density at radius 3 is 2.80 bits per heavy atom. The number of hydrogen-bond donors (Lipinski definition) is 2. The molecule has 112 valence electrons. The van der Waals surface area contributed by atoms with Crippen LogP contribution in [0.2, 0.25) is 5.02 Å². The van der Waals surface area contributed by atoms with E-state index in [9.17, 15) is 9.50 Å². The van der Waals surface area contributed by atoms with E-state index in [0.29, 0.717) is 29.5 Å². The molecule has 20 heavy (non-hydrogen) atoms. The Morgan fingerprint density at radius 2 is 2.15 bits per heavy atom. The van der Waals surface area contributed by atoms with Gasteiger partial charge in [0, 0.05) is 43.0 Å². The normalized spacial score (nSPS) is 18.1. The molecule has 0 bridgehead atoms. The van der Waals surface area contributed by atoms with Crippen LogP contribution in [0, 0.1) is 11.7 Å². The number of rotatable bonds is 6. The minimum atomic E-state index is -0.292. The summed E-state index contributed by atoms with van der Waals surface area (Å²) in [5, 5.41) is 13.0. The summed E-state index contributed by atoms with van der Waals surface area (Å²) in [7, 11) is 0. The molecule has 1 aromatic rings. The Labute approximate surface area is 124 Å². The molecule has 1 fully saturated rings. The molecule has 5 heteroatoms. The summed E-state index contributed by atoms with van der Waals surface area (Å²) in [6.45, 7) is 2.12. The molecule has 1 aliphatic rings. The summed E-state index contributed by atoms with van der Waals surface area (Å²) in [6.07, 6.45) is 2.65. The second kappa shape index (κ2) is 7.93. The van der Waals surface area contributed by atoms with Crippen molar-refractivity contribution in [2.24, 2.45) is 5.92 Å². The third-order valence-electron chi connectivity index (χ3n) is 3.84. The summed E-state index contributed by atoms with van der Waals surface area (Å²) >= 11 is 5.74. The van der Waals surface area contributed by atoms with Gasteiger partial charge in [-0.15, -0.1) is 0 Å². The molecule has 1 atom stereocenters.